The number of fused-ring (bicyclic) bond motifs is 4. The molecule has 0 amide bonds. The highest BCUT2D eigenvalue weighted by atomic mass is 14.4. The van der Waals surface area contributed by atoms with Crippen LogP contribution in [0.15, 0.2) is 77.9 Å². The summed E-state index contributed by atoms with van der Waals surface area (Å²) in [7, 11) is 0. The Balaban J connectivity index is 1.84. The Morgan fingerprint density at radius 2 is 1.29 bits per heavy atom. The highest BCUT2D eigenvalue weighted by molar-refractivity contribution is 5.94. The minimum atomic E-state index is -0.0373. The van der Waals surface area contributed by atoms with Gasteiger partial charge in [-0.15, -0.1) is 0 Å². The van der Waals surface area contributed by atoms with Gasteiger partial charge < -0.3 is 0 Å². The molecule has 0 atom stereocenters. The van der Waals surface area contributed by atoms with Crippen molar-refractivity contribution in [1.82, 2.24) is 0 Å². The molecule has 2 aliphatic rings. The van der Waals surface area contributed by atoms with Crippen molar-refractivity contribution < 1.29 is 0 Å². The molecule has 0 aromatic heterocycles. The molecule has 0 nitrogen and oxygen atoms in total. The van der Waals surface area contributed by atoms with Crippen molar-refractivity contribution in [2.75, 3.05) is 0 Å². The van der Waals surface area contributed by atoms with E-state index in [0.717, 1.165) is 0 Å². The van der Waals surface area contributed by atoms with Gasteiger partial charge in [0.2, 0.25) is 0 Å². The molecule has 3 aromatic carbocycles. The number of hydrogen-bond acceptors (Lipinski definition) is 0. The van der Waals surface area contributed by atoms with Crippen LogP contribution in [-0.2, 0) is 10.8 Å². The lowest BCUT2D eigenvalue weighted by atomic mass is 9.78. The molecule has 31 heavy (non-hydrogen) atoms. The van der Waals surface area contributed by atoms with Gasteiger partial charge in [-0.2, -0.15) is 0 Å². The maximum atomic E-state index is 2.51. The molecule has 0 heteroatoms. The lowest BCUT2D eigenvalue weighted by Gasteiger charge is -2.25. The minimum absolute atomic E-state index is 0.0108. The quantitative estimate of drug-likeness (QED) is 0.402. The zero-order valence-electron chi connectivity index (χ0n) is 19.9. The Kier molecular flexibility index (Phi) is 4.25. The second kappa shape index (κ2) is 6.57. The number of rotatable bonds is 2. The summed E-state index contributed by atoms with van der Waals surface area (Å²) in [5, 5.41) is 0. The van der Waals surface area contributed by atoms with Crippen molar-refractivity contribution >= 4 is 5.57 Å². The fourth-order valence-electron chi connectivity index (χ4n) is 5.68. The van der Waals surface area contributed by atoms with Crippen molar-refractivity contribution in [3.05, 3.63) is 111 Å². The molecule has 0 bridgehead atoms. The molecular weight excluding hydrogens is 372 g/mol. The van der Waals surface area contributed by atoms with E-state index in [1.165, 1.54) is 61.2 Å². The summed E-state index contributed by atoms with van der Waals surface area (Å²) in [6.45, 7) is 16.1. The van der Waals surface area contributed by atoms with Gasteiger partial charge >= 0.3 is 0 Å². The van der Waals surface area contributed by atoms with Crippen LogP contribution < -0.4 is 0 Å². The normalized spacial score (nSPS) is 17.3. The fraction of sp³-hybridized carbons (Fsp3) is 0.290. The van der Waals surface area contributed by atoms with Crippen LogP contribution in [0.25, 0.3) is 16.7 Å². The number of aryl methyl sites for hydroxylation is 1. The zero-order chi connectivity index (χ0) is 22.1. The molecular formula is C31H32. The molecule has 0 aliphatic heterocycles. The first-order valence-electron chi connectivity index (χ1n) is 11.4. The molecule has 0 saturated carbocycles. The molecule has 0 radical (unpaired) electrons. The van der Waals surface area contributed by atoms with E-state index < -0.39 is 0 Å². The Hall–Kier alpha value is -2.86. The van der Waals surface area contributed by atoms with E-state index in [4.69, 9.17) is 0 Å². The van der Waals surface area contributed by atoms with Gasteiger partial charge in [-0.3, -0.25) is 0 Å². The summed E-state index contributed by atoms with van der Waals surface area (Å²) in [5.74, 6) is 0. The highest BCUT2D eigenvalue weighted by Gasteiger charge is 2.42. The van der Waals surface area contributed by atoms with Gasteiger partial charge in [-0.05, 0) is 83.0 Å². The lowest BCUT2D eigenvalue weighted by molar-refractivity contribution is 0.646. The van der Waals surface area contributed by atoms with Gasteiger partial charge in [-0.25, -0.2) is 0 Å². The van der Waals surface area contributed by atoms with Gasteiger partial charge in [0.15, 0.2) is 0 Å². The minimum Gasteiger partial charge on any atom is -0.0761 e. The van der Waals surface area contributed by atoms with Crippen molar-refractivity contribution in [1.29, 1.82) is 0 Å². The van der Waals surface area contributed by atoms with Gasteiger partial charge in [0.05, 0.1) is 0 Å². The van der Waals surface area contributed by atoms with Crippen LogP contribution in [0.1, 0.15) is 74.9 Å². The molecule has 156 valence electrons. The summed E-state index contributed by atoms with van der Waals surface area (Å²) in [4.78, 5) is 0. The smallest absolute Gasteiger partial charge is 0.0159 e. The zero-order valence-corrected chi connectivity index (χ0v) is 19.9. The summed E-state index contributed by atoms with van der Waals surface area (Å²) >= 11 is 0. The predicted octanol–water partition coefficient (Wildman–Crippen LogP) is 8.36. The molecule has 3 aromatic rings. The van der Waals surface area contributed by atoms with Gasteiger partial charge in [0.1, 0.15) is 0 Å². The van der Waals surface area contributed by atoms with E-state index in [1.807, 2.05) is 0 Å². The molecule has 0 N–H and O–H groups in total. The van der Waals surface area contributed by atoms with Crippen molar-refractivity contribution in [3.8, 4) is 11.1 Å². The maximum Gasteiger partial charge on any atom is 0.0159 e. The van der Waals surface area contributed by atoms with E-state index in [-0.39, 0.29) is 10.8 Å². The standard InChI is InChI=1S/C31H32/c1-19(2)15-28-29(21-11-9-8-10-12-21)24-18-26-23(17-27(24)31(28,6)7)22-14-13-20(3)16-25(22)30(26,4)5/h8-18H,1-7H3. The summed E-state index contributed by atoms with van der Waals surface area (Å²) in [5.41, 5.74) is 15.4. The Bertz CT molecular complexity index is 1270. The largest absolute Gasteiger partial charge is 0.0761 e. The average molecular weight is 405 g/mol. The highest BCUT2D eigenvalue weighted by Crippen LogP contribution is 2.56. The Labute approximate surface area is 187 Å². The van der Waals surface area contributed by atoms with Crippen LogP contribution in [-0.4, -0.2) is 0 Å². The molecule has 0 fully saturated rings. The molecule has 0 heterocycles. The van der Waals surface area contributed by atoms with E-state index in [1.54, 1.807) is 0 Å². The number of hydrogen-bond donors (Lipinski definition) is 0. The molecule has 5 rings (SSSR count). The number of allylic oxidation sites excluding steroid dienone is 3. The van der Waals surface area contributed by atoms with Crippen LogP contribution in [0.4, 0.5) is 0 Å². The third-order valence-corrected chi connectivity index (χ3v) is 7.35. The summed E-state index contributed by atoms with van der Waals surface area (Å²) < 4.78 is 0. The van der Waals surface area contributed by atoms with E-state index in [2.05, 4.69) is 115 Å². The SMILES string of the molecule is CC(C)=CC1=C(c2ccccc2)c2cc3c(cc2C1(C)C)-c1ccc(C)cc1C3(C)C. The molecule has 0 spiro atoms. The topological polar surface area (TPSA) is 0 Å². The number of benzene rings is 3. The third kappa shape index (κ3) is 2.81. The lowest BCUT2D eigenvalue weighted by Crippen LogP contribution is -2.18. The molecule has 0 saturated heterocycles. The van der Waals surface area contributed by atoms with E-state index in [9.17, 15) is 0 Å². The summed E-state index contributed by atoms with van der Waals surface area (Å²) in [6, 6.07) is 22.9. The second-order valence-corrected chi connectivity index (χ2v) is 10.6. The average Bonchev–Trinajstić information content (AvgIpc) is 3.06. The van der Waals surface area contributed by atoms with Crippen molar-refractivity contribution in [2.24, 2.45) is 0 Å². The third-order valence-electron chi connectivity index (χ3n) is 7.35. The Morgan fingerprint density at radius 3 is 1.97 bits per heavy atom. The van der Waals surface area contributed by atoms with Crippen molar-refractivity contribution in [2.45, 2.75) is 59.3 Å². The van der Waals surface area contributed by atoms with Crippen LogP contribution in [0.3, 0.4) is 0 Å². The second-order valence-electron chi connectivity index (χ2n) is 10.6. The van der Waals surface area contributed by atoms with Crippen molar-refractivity contribution in [3.63, 3.8) is 0 Å². The first-order valence-corrected chi connectivity index (χ1v) is 11.4. The van der Waals surface area contributed by atoms with Gasteiger partial charge in [0.25, 0.3) is 0 Å². The van der Waals surface area contributed by atoms with E-state index in [0.29, 0.717) is 0 Å². The Morgan fingerprint density at radius 1 is 0.677 bits per heavy atom. The van der Waals surface area contributed by atoms with Crippen LogP contribution in [0, 0.1) is 6.92 Å². The predicted molar refractivity (Wildman–Crippen MR) is 134 cm³/mol. The van der Waals surface area contributed by atoms with Crippen LogP contribution in [0.5, 0.6) is 0 Å². The first-order chi connectivity index (χ1) is 14.6. The van der Waals surface area contributed by atoms with Crippen LogP contribution in [0.2, 0.25) is 0 Å². The molecule has 0 unspecified atom stereocenters. The monoisotopic (exact) mass is 404 g/mol. The van der Waals surface area contributed by atoms with Gasteiger partial charge in [-0.1, -0.05) is 93.4 Å². The van der Waals surface area contributed by atoms with Crippen LogP contribution >= 0.6 is 0 Å². The molecule has 2 aliphatic carbocycles. The van der Waals surface area contributed by atoms with E-state index >= 15 is 0 Å². The summed E-state index contributed by atoms with van der Waals surface area (Å²) in [6.07, 6.45) is 2.40. The first kappa shape index (κ1) is 20.1. The van der Waals surface area contributed by atoms with Gasteiger partial charge in [0, 0.05) is 10.8 Å². The maximum absolute atomic E-state index is 2.51. The fourth-order valence-corrected chi connectivity index (χ4v) is 5.68.